The fourth-order valence-corrected chi connectivity index (χ4v) is 5.03. The highest BCUT2D eigenvalue weighted by molar-refractivity contribution is 5.87. The number of methoxy groups -OCH3 is 1. The summed E-state index contributed by atoms with van der Waals surface area (Å²) in [5.74, 6) is 0.386. The van der Waals surface area contributed by atoms with E-state index < -0.39 is 11.7 Å². The van der Waals surface area contributed by atoms with Gasteiger partial charge in [0.05, 0.1) is 36.1 Å². The van der Waals surface area contributed by atoms with Crippen molar-refractivity contribution in [2.24, 2.45) is 0 Å². The van der Waals surface area contributed by atoms with Crippen LogP contribution < -0.4 is 10.1 Å². The number of hydrogen-bond donors (Lipinski definition) is 2. The summed E-state index contributed by atoms with van der Waals surface area (Å²) in [6.07, 6.45) is 2.92. The smallest absolute Gasteiger partial charge is 0.232 e. The van der Waals surface area contributed by atoms with Gasteiger partial charge in [-0.25, -0.2) is 14.4 Å². The van der Waals surface area contributed by atoms with Gasteiger partial charge in [0.25, 0.3) is 0 Å². The van der Waals surface area contributed by atoms with E-state index in [1.54, 1.807) is 6.07 Å². The van der Waals surface area contributed by atoms with Gasteiger partial charge < -0.3 is 19.7 Å². The number of rotatable bonds is 3. The minimum Gasteiger partial charge on any atom is -0.507 e. The Balaban J connectivity index is 1.56. The van der Waals surface area contributed by atoms with Crippen LogP contribution in [0.15, 0.2) is 36.7 Å². The van der Waals surface area contributed by atoms with Crippen LogP contribution in [-0.4, -0.2) is 54.2 Å². The van der Waals surface area contributed by atoms with E-state index in [4.69, 9.17) is 4.74 Å². The Labute approximate surface area is 190 Å². The first-order valence-electron chi connectivity index (χ1n) is 10.9. The van der Waals surface area contributed by atoms with E-state index >= 15 is 4.39 Å². The summed E-state index contributed by atoms with van der Waals surface area (Å²) in [6, 6.07) is 6.64. The Hall–Kier alpha value is -3.33. The molecule has 0 aliphatic carbocycles. The third-order valence-corrected chi connectivity index (χ3v) is 6.35. The number of alkyl halides is 1. The maximum atomic E-state index is 15.5. The first-order chi connectivity index (χ1) is 15.6. The second-order valence-electron chi connectivity index (χ2n) is 9.91. The molecule has 4 aromatic rings. The van der Waals surface area contributed by atoms with Gasteiger partial charge in [0.15, 0.2) is 5.65 Å². The third kappa shape index (κ3) is 3.66. The largest absolute Gasteiger partial charge is 0.507 e. The molecule has 0 spiro atoms. The number of nitrogens with one attached hydrogen (secondary N) is 1. The topological polar surface area (TPSA) is 98.0 Å². The standard InChI is InChI=1S/C24H27FN6O2/c1-23(2)11-18(21(25)24(3,4)30-23)31-7-6-13-8-15(28-29-22(13)31)14-9-16-17(10-19(14)32)27-20(33-5)12-26-16/h6-10,12,18,21,30,32H,11H2,1-5H3/t18-,21-/m0/s1. The van der Waals surface area contributed by atoms with Gasteiger partial charge in [-0.2, -0.15) is 0 Å². The number of phenols is 1. The fraction of sp³-hybridized carbons (Fsp3) is 0.417. The third-order valence-electron chi connectivity index (χ3n) is 6.35. The summed E-state index contributed by atoms with van der Waals surface area (Å²) >= 11 is 0. The van der Waals surface area contributed by atoms with Crippen molar-refractivity contribution in [3.05, 3.63) is 36.7 Å². The van der Waals surface area contributed by atoms with Crippen LogP contribution in [0.2, 0.25) is 0 Å². The summed E-state index contributed by atoms with van der Waals surface area (Å²) < 4.78 is 22.5. The number of phenolic OH excluding ortho intramolecular Hbond substituents is 1. The lowest BCUT2D eigenvalue weighted by Gasteiger charge is -2.49. The number of nitrogens with zero attached hydrogens (tertiary/aromatic N) is 5. The number of halogens is 1. The molecule has 0 amide bonds. The minimum atomic E-state index is -1.09. The van der Waals surface area contributed by atoms with E-state index in [-0.39, 0.29) is 17.3 Å². The van der Waals surface area contributed by atoms with Crippen LogP contribution >= 0.6 is 0 Å². The average molecular weight is 451 g/mol. The molecular weight excluding hydrogens is 423 g/mol. The predicted molar refractivity (Wildman–Crippen MR) is 124 cm³/mol. The molecule has 5 rings (SSSR count). The molecule has 1 aromatic carbocycles. The van der Waals surface area contributed by atoms with Crippen LogP contribution in [0.25, 0.3) is 33.3 Å². The number of piperidine rings is 1. The quantitative estimate of drug-likeness (QED) is 0.483. The zero-order chi connectivity index (χ0) is 23.5. The Morgan fingerprint density at radius 3 is 2.70 bits per heavy atom. The molecule has 9 heteroatoms. The van der Waals surface area contributed by atoms with Crippen molar-refractivity contribution < 1.29 is 14.2 Å². The monoisotopic (exact) mass is 450 g/mol. The second kappa shape index (κ2) is 7.34. The highest BCUT2D eigenvalue weighted by atomic mass is 19.1. The molecule has 2 atom stereocenters. The molecule has 0 saturated carbocycles. The Morgan fingerprint density at radius 2 is 1.94 bits per heavy atom. The molecule has 1 fully saturated rings. The molecule has 1 aliphatic heterocycles. The number of ether oxygens (including phenoxy) is 1. The number of fused-ring (bicyclic) bond motifs is 2. The zero-order valence-electron chi connectivity index (χ0n) is 19.3. The van der Waals surface area contributed by atoms with Gasteiger partial charge in [0.2, 0.25) is 5.88 Å². The number of benzene rings is 1. The second-order valence-corrected chi connectivity index (χ2v) is 9.91. The van der Waals surface area contributed by atoms with Crippen LogP contribution in [0.1, 0.15) is 40.2 Å². The summed E-state index contributed by atoms with van der Waals surface area (Å²) in [6.45, 7) is 7.96. The van der Waals surface area contributed by atoms with Crippen LogP contribution in [0, 0.1) is 0 Å². The van der Waals surface area contributed by atoms with E-state index in [0.717, 1.165) is 5.39 Å². The van der Waals surface area contributed by atoms with Crippen molar-refractivity contribution in [1.29, 1.82) is 0 Å². The summed E-state index contributed by atoms with van der Waals surface area (Å²) in [5, 5.41) is 23.6. The van der Waals surface area contributed by atoms with Crippen molar-refractivity contribution in [3.8, 4) is 22.9 Å². The van der Waals surface area contributed by atoms with E-state index in [0.29, 0.717) is 40.2 Å². The molecule has 1 saturated heterocycles. The van der Waals surface area contributed by atoms with Crippen molar-refractivity contribution in [2.75, 3.05) is 7.11 Å². The molecule has 1 aliphatic rings. The SMILES string of the molecule is COc1cnc2cc(-c3cc4ccn([C@H]5CC(C)(C)NC(C)(C)[C@H]5F)c4nn3)c(O)cc2n1. The zero-order valence-corrected chi connectivity index (χ0v) is 19.3. The highest BCUT2D eigenvalue weighted by Crippen LogP contribution is 2.40. The number of aromatic hydroxyl groups is 1. The van der Waals surface area contributed by atoms with Gasteiger partial charge in [0.1, 0.15) is 11.9 Å². The predicted octanol–water partition coefficient (Wildman–Crippen LogP) is 4.19. The summed E-state index contributed by atoms with van der Waals surface area (Å²) in [4.78, 5) is 8.64. The lowest BCUT2D eigenvalue weighted by molar-refractivity contribution is 0.0313. The van der Waals surface area contributed by atoms with Crippen molar-refractivity contribution in [3.63, 3.8) is 0 Å². The Bertz CT molecular complexity index is 1370. The highest BCUT2D eigenvalue weighted by Gasteiger charge is 2.47. The molecule has 0 bridgehead atoms. The van der Waals surface area contributed by atoms with E-state index in [2.05, 4.69) is 39.3 Å². The average Bonchev–Trinajstić information content (AvgIpc) is 3.17. The first kappa shape index (κ1) is 21.5. The van der Waals surface area contributed by atoms with Crippen LogP contribution in [0.4, 0.5) is 4.39 Å². The fourth-order valence-electron chi connectivity index (χ4n) is 5.03. The van der Waals surface area contributed by atoms with Gasteiger partial charge in [0, 0.05) is 34.3 Å². The van der Waals surface area contributed by atoms with Gasteiger partial charge in [-0.1, -0.05) is 0 Å². The van der Waals surface area contributed by atoms with E-state index in [9.17, 15) is 5.11 Å². The van der Waals surface area contributed by atoms with E-state index in [1.807, 2.05) is 36.7 Å². The molecule has 2 N–H and O–H groups in total. The van der Waals surface area contributed by atoms with Crippen LogP contribution in [0.3, 0.4) is 0 Å². The van der Waals surface area contributed by atoms with E-state index in [1.165, 1.54) is 19.4 Å². The van der Waals surface area contributed by atoms with Crippen molar-refractivity contribution in [1.82, 2.24) is 30.0 Å². The number of hydrogen-bond acceptors (Lipinski definition) is 7. The van der Waals surface area contributed by atoms with Crippen LogP contribution in [0.5, 0.6) is 11.6 Å². The lowest BCUT2D eigenvalue weighted by atomic mass is 9.78. The minimum absolute atomic E-state index is 0.0174. The molecule has 0 unspecified atom stereocenters. The molecule has 33 heavy (non-hydrogen) atoms. The van der Waals surface area contributed by atoms with Crippen LogP contribution in [-0.2, 0) is 0 Å². The van der Waals surface area contributed by atoms with Gasteiger partial charge in [-0.05, 0) is 52.3 Å². The summed E-state index contributed by atoms with van der Waals surface area (Å²) in [5.41, 5.74) is 1.84. The van der Waals surface area contributed by atoms with Crippen molar-refractivity contribution in [2.45, 2.75) is 57.4 Å². The molecule has 0 radical (unpaired) electrons. The molecule has 8 nitrogen and oxygen atoms in total. The normalized spacial score (nSPS) is 22.0. The maximum absolute atomic E-state index is 15.5. The Morgan fingerprint density at radius 1 is 1.15 bits per heavy atom. The first-order valence-corrected chi connectivity index (χ1v) is 10.9. The van der Waals surface area contributed by atoms with Gasteiger partial charge in [-0.3, -0.25) is 0 Å². The van der Waals surface area contributed by atoms with Gasteiger partial charge in [-0.15, -0.1) is 10.2 Å². The Kier molecular flexibility index (Phi) is 4.79. The van der Waals surface area contributed by atoms with Crippen molar-refractivity contribution >= 4 is 22.1 Å². The molecule has 4 heterocycles. The molecule has 3 aromatic heterocycles. The van der Waals surface area contributed by atoms with Gasteiger partial charge >= 0.3 is 0 Å². The molecule has 172 valence electrons. The molecular formula is C24H27FN6O2. The maximum Gasteiger partial charge on any atom is 0.232 e. The summed E-state index contributed by atoms with van der Waals surface area (Å²) in [7, 11) is 1.51. The lowest BCUT2D eigenvalue weighted by Crippen LogP contribution is -2.64. The number of aromatic nitrogens is 5.